The normalized spacial score (nSPS) is 12.1. The molecular weight excluding hydrogens is 302 g/mol. The molecule has 1 heterocycles. The summed E-state index contributed by atoms with van der Waals surface area (Å²) in [6.45, 7) is 1.94. The van der Waals surface area contributed by atoms with Crippen molar-refractivity contribution in [1.82, 2.24) is 15.5 Å². The van der Waals surface area contributed by atoms with Gasteiger partial charge in [0.1, 0.15) is 5.51 Å². The summed E-state index contributed by atoms with van der Waals surface area (Å²) in [6.07, 6.45) is 0. The van der Waals surface area contributed by atoms with Crippen molar-refractivity contribution in [3.8, 4) is 0 Å². The predicted octanol–water partition coefficient (Wildman–Crippen LogP) is 3.16. The molecule has 0 fully saturated rings. The zero-order chi connectivity index (χ0) is 13.7. The Kier molecular flexibility index (Phi) is 5.18. The summed E-state index contributed by atoms with van der Waals surface area (Å²) in [5.41, 5.74) is 2.68. The van der Waals surface area contributed by atoms with Crippen molar-refractivity contribution in [2.24, 2.45) is 0 Å². The third-order valence-corrected chi connectivity index (χ3v) is 4.53. The quantitative estimate of drug-likeness (QED) is 0.862. The van der Waals surface area contributed by atoms with Gasteiger partial charge in [-0.25, -0.2) is 0 Å². The summed E-state index contributed by atoms with van der Waals surface area (Å²) in [5.74, 6) is 0.315. The number of thioether (sulfide) groups is 1. The minimum atomic E-state index is -0.0419. The second-order valence-corrected chi connectivity index (χ2v) is 6.33. The van der Waals surface area contributed by atoms with Gasteiger partial charge in [-0.2, -0.15) is 0 Å². The van der Waals surface area contributed by atoms with Gasteiger partial charge in [0.2, 0.25) is 5.91 Å². The molecule has 0 saturated carbocycles. The van der Waals surface area contributed by atoms with Crippen LogP contribution in [0.3, 0.4) is 0 Å². The minimum absolute atomic E-state index is 0.0253. The first-order valence-corrected chi connectivity index (χ1v) is 7.83. The Hall–Kier alpha value is -1.11. The summed E-state index contributed by atoms with van der Waals surface area (Å²) >= 11 is 8.64. The number of nitrogens with zero attached hydrogens (tertiary/aromatic N) is 2. The molecule has 0 radical (unpaired) electrons. The monoisotopic (exact) mass is 313 g/mol. The average molecular weight is 314 g/mol. The number of carbonyl (C=O) groups excluding carboxylic acids is 1. The Labute approximate surface area is 124 Å². The zero-order valence-electron chi connectivity index (χ0n) is 10.2. The van der Waals surface area contributed by atoms with Crippen LogP contribution in [-0.4, -0.2) is 21.9 Å². The Morgan fingerprint density at radius 2 is 2.21 bits per heavy atom. The lowest BCUT2D eigenvalue weighted by Gasteiger charge is -2.13. The third kappa shape index (κ3) is 4.49. The van der Waals surface area contributed by atoms with E-state index in [0.717, 1.165) is 9.90 Å². The minimum Gasteiger partial charge on any atom is -0.349 e. The topological polar surface area (TPSA) is 54.9 Å². The van der Waals surface area contributed by atoms with E-state index < -0.39 is 0 Å². The molecule has 0 bridgehead atoms. The fraction of sp³-hybridized carbons (Fsp3) is 0.250. The number of amides is 1. The van der Waals surface area contributed by atoms with Crippen molar-refractivity contribution >= 4 is 40.6 Å². The van der Waals surface area contributed by atoms with E-state index in [0.29, 0.717) is 10.8 Å². The fourth-order valence-corrected chi connectivity index (χ4v) is 2.90. The summed E-state index contributed by atoms with van der Waals surface area (Å²) in [4.78, 5) is 11.8. The number of halogens is 1. The van der Waals surface area contributed by atoms with E-state index in [9.17, 15) is 4.79 Å². The molecule has 2 rings (SSSR count). The fourth-order valence-electron chi connectivity index (χ4n) is 1.47. The van der Waals surface area contributed by atoms with Crippen molar-refractivity contribution in [2.75, 3.05) is 5.75 Å². The number of hydrogen-bond donors (Lipinski definition) is 1. The molecule has 0 spiro atoms. The van der Waals surface area contributed by atoms with Crippen LogP contribution in [0, 0.1) is 0 Å². The molecule has 4 nitrogen and oxygen atoms in total. The van der Waals surface area contributed by atoms with Gasteiger partial charge in [0.25, 0.3) is 0 Å². The van der Waals surface area contributed by atoms with E-state index in [1.54, 1.807) is 5.51 Å². The van der Waals surface area contributed by atoms with Gasteiger partial charge in [0, 0.05) is 5.02 Å². The van der Waals surface area contributed by atoms with Crippen molar-refractivity contribution in [2.45, 2.75) is 17.3 Å². The number of aromatic nitrogens is 2. The maximum atomic E-state index is 11.8. The van der Waals surface area contributed by atoms with Crippen molar-refractivity contribution in [3.05, 3.63) is 40.4 Å². The largest absolute Gasteiger partial charge is 0.349 e. The molecule has 1 amide bonds. The van der Waals surface area contributed by atoms with Crippen LogP contribution in [0.25, 0.3) is 0 Å². The summed E-state index contributed by atoms with van der Waals surface area (Å²) < 4.78 is 0.800. The van der Waals surface area contributed by atoms with Crippen LogP contribution >= 0.6 is 34.7 Å². The predicted molar refractivity (Wildman–Crippen MR) is 78.6 cm³/mol. The van der Waals surface area contributed by atoms with Crippen LogP contribution in [0.1, 0.15) is 18.5 Å². The van der Waals surface area contributed by atoms with Crippen molar-refractivity contribution in [3.63, 3.8) is 0 Å². The van der Waals surface area contributed by atoms with Gasteiger partial charge in [-0.3, -0.25) is 4.79 Å². The Morgan fingerprint density at radius 1 is 1.47 bits per heavy atom. The number of hydrogen-bond acceptors (Lipinski definition) is 5. The molecule has 1 aromatic carbocycles. The number of carbonyl (C=O) groups is 1. The highest BCUT2D eigenvalue weighted by Crippen LogP contribution is 2.19. The van der Waals surface area contributed by atoms with Crippen molar-refractivity contribution in [1.29, 1.82) is 0 Å². The molecule has 100 valence electrons. The Morgan fingerprint density at radius 3 is 2.84 bits per heavy atom. The molecule has 19 heavy (non-hydrogen) atoms. The average Bonchev–Trinajstić information content (AvgIpc) is 2.90. The Bertz CT molecular complexity index is 530. The maximum absolute atomic E-state index is 11.8. The van der Waals surface area contributed by atoms with Crippen molar-refractivity contribution < 1.29 is 4.79 Å². The van der Waals surface area contributed by atoms with Gasteiger partial charge < -0.3 is 5.32 Å². The van der Waals surface area contributed by atoms with Crippen LogP contribution in [0.5, 0.6) is 0 Å². The number of benzene rings is 1. The molecule has 2 aromatic rings. The van der Waals surface area contributed by atoms with E-state index in [4.69, 9.17) is 11.6 Å². The van der Waals surface area contributed by atoms with Gasteiger partial charge in [0.05, 0.1) is 11.8 Å². The highest BCUT2D eigenvalue weighted by Gasteiger charge is 2.10. The van der Waals surface area contributed by atoms with Gasteiger partial charge in [0.15, 0.2) is 4.34 Å². The lowest BCUT2D eigenvalue weighted by molar-refractivity contribution is -0.119. The molecular formula is C12H12ClN3OS2. The van der Waals surface area contributed by atoms with Gasteiger partial charge in [-0.1, -0.05) is 46.8 Å². The number of rotatable bonds is 5. The molecule has 7 heteroatoms. The first kappa shape index (κ1) is 14.3. The smallest absolute Gasteiger partial charge is 0.230 e. The molecule has 0 aliphatic heterocycles. The van der Waals surface area contributed by atoms with Crippen LogP contribution in [0.2, 0.25) is 5.02 Å². The third-order valence-electron chi connectivity index (χ3n) is 2.41. The van der Waals surface area contributed by atoms with Crippen LogP contribution in [0.15, 0.2) is 34.1 Å². The van der Waals surface area contributed by atoms with Crippen LogP contribution in [-0.2, 0) is 4.79 Å². The molecule has 0 aliphatic carbocycles. The van der Waals surface area contributed by atoms with Crippen LogP contribution in [0.4, 0.5) is 0 Å². The number of nitrogens with one attached hydrogen (secondary N) is 1. The van der Waals surface area contributed by atoms with E-state index in [1.165, 1.54) is 23.1 Å². The van der Waals surface area contributed by atoms with E-state index in [2.05, 4.69) is 15.5 Å². The van der Waals surface area contributed by atoms with Gasteiger partial charge in [-0.15, -0.1) is 10.2 Å². The van der Waals surface area contributed by atoms with E-state index in [1.807, 2.05) is 31.2 Å². The maximum Gasteiger partial charge on any atom is 0.230 e. The molecule has 1 aromatic heterocycles. The molecule has 1 N–H and O–H groups in total. The van der Waals surface area contributed by atoms with Crippen LogP contribution < -0.4 is 5.32 Å². The second kappa shape index (κ2) is 6.88. The second-order valence-electron chi connectivity index (χ2n) is 3.83. The molecule has 1 unspecified atom stereocenters. The SMILES string of the molecule is CC(NC(=O)CSc1nncs1)c1ccc(Cl)cc1. The van der Waals surface area contributed by atoms with Gasteiger partial charge >= 0.3 is 0 Å². The highest BCUT2D eigenvalue weighted by molar-refractivity contribution is 8.01. The Balaban J connectivity index is 1.83. The first-order chi connectivity index (χ1) is 9.15. The molecule has 0 saturated heterocycles. The molecule has 1 atom stereocenters. The highest BCUT2D eigenvalue weighted by atomic mass is 35.5. The van der Waals surface area contributed by atoms with E-state index in [-0.39, 0.29) is 11.9 Å². The summed E-state index contributed by atoms with van der Waals surface area (Å²) in [6, 6.07) is 7.40. The van der Waals surface area contributed by atoms with E-state index >= 15 is 0 Å². The molecule has 0 aliphatic rings. The standard InChI is InChI=1S/C12H12ClN3OS2/c1-8(9-2-4-10(13)5-3-9)15-11(17)6-18-12-16-14-7-19-12/h2-5,7-8H,6H2,1H3,(H,15,17). The summed E-state index contributed by atoms with van der Waals surface area (Å²) in [5, 5.41) is 11.2. The summed E-state index contributed by atoms with van der Waals surface area (Å²) in [7, 11) is 0. The zero-order valence-corrected chi connectivity index (χ0v) is 12.6. The lowest BCUT2D eigenvalue weighted by atomic mass is 10.1. The van der Waals surface area contributed by atoms with Gasteiger partial charge in [-0.05, 0) is 24.6 Å². The first-order valence-electron chi connectivity index (χ1n) is 5.59. The lowest BCUT2D eigenvalue weighted by Crippen LogP contribution is -2.28.